The Morgan fingerprint density at radius 2 is 0.918 bits per heavy atom. The highest BCUT2D eigenvalue weighted by Crippen LogP contribution is 2.28. The molecule has 0 saturated heterocycles. The van der Waals surface area contributed by atoms with E-state index in [1.807, 2.05) is 109 Å². The lowest BCUT2D eigenvalue weighted by molar-refractivity contribution is 0.0947. The zero-order chi connectivity index (χ0) is 34.0. The van der Waals surface area contributed by atoms with Crippen molar-refractivity contribution < 1.29 is 19.1 Å². The number of benzene rings is 4. The molecular weight excluding hydrogens is 612 g/mol. The molecule has 248 valence electrons. The van der Waals surface area contributed by atoms with Crippen molar-refractivity contribution in [2.24, 2.45) is 0 Å². The highest BCUT2D eigenvalue weighted by atomic mass is 16.5. The fourth-order valence-electron chi connectivity index (χ4n) is 5.92. The average molecular weight is 653 g/mol. The molecule has 0 fully saturated rings. The summed E-state index contributed by atoms with van der Waals surface area (Å²) in [5.41, 5.74) is 6.12. The SMILES string of the molecule is COc1ccc(-c2cc(C(=O)NCCCCCCCNC(=O)c3cc(-c4ccc(OC)cc4)nc4ccccc34)c3ccccc3n2)cc1. The van der Waals surface area contributed by atoms with Crippen molar-refractivity contribution in [1.29, 1.82) is 0 Å². The van der Waals surface area contributed by atoms with E-state index in [2.05, 4.69) is 10.6 Å². The second kappa shape index (κ2) is 15.9. The van der Waals surface area contributed by atoms with Gasteiger partial charge in [0.15, 0.2) is 0 Å². The Hall–Kier alpha value is -5.76. The second-order valence-electron chi connectivity index (χ2n) is 11.9. The van der Waals surface area contributed by atoms with Crippen LogP contribution in [-0.4, -0.2) is 49.1 Å². The van der Waals surface area contributed by atoms with E-state index >= 15 is 0 Å². The summed E-state index contributed by atoms with van der Waals surface area (Å²) in [5.74, 6) is 1.33. The van der Waals surface area contributed by atoms with Crippen molar-refractivity contribution in [2.45, 2.75) is 32.1 Å². The zero-order valence-corrected chi connectivity index (χ0v) is 27.9. The number of hydrogen-bond acceptors (Lipinski definition) is 6. The molecule has 0 aliphatic carbocycles. The van der Waals surface area contributed by atoms with Gasteiger partial charge in [0.05, 0.1) is 47.8 Å². The molecule has 8 nitrogen and oxygen atoms in total. The first-order chi connectivity index (χ1) is 24.0. The number of para-hydroxylation sites is 2. The number of carbonyl (C=O) groups is 2. The third-order valence-corrected chi connectivity index (χ3v) is 8.62. The van der Waals surface area contributed by atoms with Gasteiger partial charge in [0.1, 0.15) is 11.5 Å². The summed E-state index contributed by atoms with van der Waals surface area (Å²) in [5, 5.41) is 7.87. The van der Waals surface area contributed by atoms with Gasteiger partial charge in [-0.15, -0.1) is 0 Å². The molecule has 2 amide bonds. The first kappa shape index (κ1) is 33.2. The smallest absolute Gasteiger partial charge is 0.252 e. The molecule has 0 spiro atoms. The lowest BCUT2D eigenvalue weighted by Crippen LogP contribution is -2.25. The van der Waals surface area contributed by atoms with Crippen molar-refractivity contribution in [3.8, 4) is 34.0 Å². The van der Waals surface area contributed by atoms with Crippen LogP contribution >= 0.6 is 0 Å². The lowest BCUT2D eigenvalue weighted by atomic mass is 10.0. The van der Waals surface area contributed by atoms with Crippen molar-refractivity contribution in [3.63, 3.8) is 0 Å². The topological polar surface area (TPSA) is 102 Å². The molecule has 0 aliphatic rings. The first-order valence-electron chi connectivity index (χ1n) is 16.7. The molecule has 0 bridgehead atoms. The van der Waals surface area contributed by atoms with E-state index in [1.54, 1.807) is 14.2 Å². The van der Waals surface area contributed by atoms with Crippen LogP contribution in [0.15, 0.2) is 109 Å². The minimum Gasteiger partial charge on any atom is -0.497 e. The number of methoxy groups -OCH3 is 2. The molecule has 0 radical (unpaired) electrons. The van der Waals surface area contributed by atoms with Crippen LogP contribution in [0.2, 0.25) is 0 Å². The van der Waals surface area contributed by atoms with Crippen LogP contribution in [0, 0.1) is 0 Å². The summed E-state index contributed by atoms with van der Waals surface area (Å²) in [4.78, 5) is 36.2. The van der Waals surface area contributed by atoms with Gasteiger partial charge >= 0.3 is 0 Å². The molecule has 49 heavy (non-hydrogen) atoms. The molecule has 0 aliphatic heterocycles. The maximum absolute atomic E-state index is 13.3. The van der Waals surface area contributed by atoms with Crippen molar-refractivity contribution in [2.75, 3.05) is 27.3 Å². The number of nitrogens with one attached hydrogen (secondary N) is 2. The number of unbranched alkanes of at least 4 members (excludes halogenated alkanes) is 4. The number of fused-ring (bicyclic) bond motifs is 2. The van der Waals surface area contributed by atoms with Crippen molar-refractivity contribution >= 4 is 33.6 Å². The van der Waals surface area contributed by atoms with Gasteiger partial charge in [0.25, 0.3) is 11.8 Å². The van der Waals surface area contributed by atoms with Gasteiger partial charge in [-0.05, 0) is 85.6 Å². The van der Waals surface area contributed by atoms with Gasteiger partial charge in [-0.3, -0.25) is 9.59 Å². The Kier molecular flexibility index (Phi) is 10.8. The number of carbonyl (C=O) groups excluding carboxylic acids is 2. The van der Waals surface area contributed by atoms with E-state index in [0.717, 1.165) is 87.9 Å². The summed E-state index contributed by atoms with van der Waals surface area (Å²) in [7, 11) is 3.27. The Morgan fingerprint density at radius 1 is 0.531 bits per heavy atom. The first-order valence-corrected chi connectivity index (χ1v) is 16.7. The van der Waals surface area contributed by atoms with Crippen molar-refractivity contribution in [1.82, 2.24) is 20.6 Å². The maximum atomic E-state index is 13.3. The molecule has 6 aromatic rings. The predicted molar refractivity (Wildman–Crippen MR) is 195 cm³/mol. The van der Waals surface area contributed by atoms with Crippen LogP contribution in [0.4, 0.5) is 0 Å². The number of nitrogens with zero attached hydrogens (tertiary/aromatic N) is 2. The summed E-state index contributed by atoms with van der Waals surface area (Å²) >= 11 is 0. The van der Waals surface area contributed by atoms with Gasteiger partial charge in [-0.2, -0.15) is 0 Å². The van der Waals surface area contributed by atoms with E-state index < -0.39 is 0 Å². The summed E-state index contributed by atoms with van der Waals surface area (Å²) in [6, 6.07) is 34.5. The molecule has 6 rings (SSSR count). The van der Waals surface area contributed by atoms with Gasteiger partial charge < -0.3 is 20.1 Å². The number of rotatable bonds is 14. The number of amides is 2. The standard InChI is InChI=1S/C41H40N4O4/c1-48-30-20-16-28(17-21-30)38-26-34(32-12-6-8-14-36(32)44-38)40(46)42-24-10-4-3-5-11-25-43-41(47)35-27-39(29-18-22-31(49-2)23-19-29)45-37-15-9-7-13-33(35)37/h6-9,12-23,26-27H,3-5,10-11,24-25H2,1-2H3,(H,42,46)(H,43,47). The third-order valence-electron chi connectivity index (χ3n) is 8.62. The summed E-state index contributed by atoms with van der Waals surface area (Å²) < 4.78 is 10.6. The van der Waals surface area contributed by atoms with E-state index in [1.165, 1.54) is 0 Å². The molecule has 2 aromatic heterocycles. The fourth-order valence-corrected chi connectivity index (χ4v) is 5.92. The number of pyridine rings is 2. The van der Waals surface area contributed by atoms with Crippen LogP contribution in [0.5, 0.6) is 11.5 Å². The molecule has 2 N–H and O–H groups in total. The molecule has 0 unspecified atom stereocenters. The van der Waals surface area contributed by atoms with E-state index in [0.29, 0.717) is 24.2 Å². The monoisotopic (exact) mass is 652 g/mol. The Morgan fingerprint density at radius 3 is 1.33 bits per heavy atom. The molecule has 0 saturated carbocycles. The summed E-state index contributed by atoms with van der Waals surface area (Å²) in [6.07, 6.45) is 4.75. The highest BCUT2D eigenvalue weighted by molar-refractivity contribution is 6.08. The minimum absolute atomic E-state index is 0.102. The minimum atomic E-state index is -0.102. The highest BCUT2D eigenvalue weighted by Gasteiger charge is 2.15. The molecule has 2 heterocycles. The largest absolute Gasteiger partial charge is 0.497 e. The molecule has 4 aromatic carbocycles. The predicted octanol–water partition coefficient (Wildman–Crippen LogP) is 8.24. The van der Waals surface area contributed by atoms with E-state index in [9.17, 15) is 9.59 Å². The van der Waals surface area contributed by atoms with Gasteiger partial charge in [0, 0.05) is 35.0 Å². The number of ether oxygens (including phenoxy) is 2. The van der Waals surface area contributed by atoms with Gasteiger partial charge in [-0.25, -0.2) is 9.97 Å². The van der Waals surface area contributed by atoms with E-state index in [-0.39, 0.29) is 11.8 Å². The maximum Gasteiger partial charge on any atom is 0.252 e. The Labute approximate surface area is 286 Å². The molecule has 0 atom stereocenters. The van der Waals surface area contributed by atoms with Crippen LogP contribution < -0.4 is 20.1 Å². The number of hydrogen-bond donors (Lipinski definition) is 2. The normalized spacial score (nSPS) is 11.0. The second-order valence-corrected chi connectivity index (χ2v) is 11.9. The van der Waals surface area contributed by atoms with Crippen LogP contribution in [0.3, 0.4) is 0 Å². The number of aromatic nitrogens is 2. The third kappa shape index (κ3) is 8.04. The average Bonchev–Trinajstić information content (AvgIpc) is 3.16. The fraction of sp³-hybridized carbons (Fsp3) is 0.220. The summed E-state index contributed by atoms with van der Waals surface area (Å²) in [6.45, 7) is 1.19. The molecule has 8 heteroatoms. The quantitative estimate of drug-likeness (QED) is 0.115. The Balaban J connectivity index is 0.970. The van der Waals surface area contributed by atoms with Crippen LogP contribution in [0.1, 0.15) is 52.8 Å². The Bertz CT molecular complexity index is 1910. The molecular formula is C41H40N4O4. The van der Waals surface area contributed by atoms with Gasteiger partial charge in [0.2, 0.25) is 0 Å². The van der Waals surface area contributed by atoms with Gasteiger partial charge in [-0.1, -0.05) is 55.7 Å². The van der Waals surface area contributed by atoms with Crippen LogP contribution in [-0.2, 0) is 0 Å². The van der Waals surface area contributed by atoms with Crippen molar-refractivity contribution in [3.05, 3.63) is 120 Å². The van der Waals surface area contributed by atoms with Crippen LogP contribution in [0.25, 0.3) is 44.3 Å². The lowest BCUT2D eigenvalue weighted by Gasteiger charge is -2.11. The van der Waals surface area contributed by atoms with E-state index in [4.69, 9.17) is 19.4 Å². The zero-order valence-electron chi connectivity index (χ0n) is 27.9.